The van der Waals surface area contributed by atoms with Crippen LogP contribution >= 0.6 is 0 Å². The van der Waals surface area contributed by atoms with Crippen LogP contribution in [0.25, 0.3) is 22.0 Å². The molecular weight excluding hydrogens is 320 g/mol. The van der Waals surface area contributed by atoms with Crippen molar-refractivity contribution < 1.29 is 4.74 Å². The summed E-state index contributed by atoms with van der Waals surface area (Å²) in [5.74, 6) is 1.74. The van der Waals surface area contributed by atoms with Gasteiger partial charge in [-0.15, -0.1) is 0 Å². The average Bonchev–Trinajstić information content (AvgIpc) is 2.72. The zero-order valence-corrected chi connectivity index (χ0v) is 14.6. The first-order valence-corrected chi connectivity index (χ1v) is 8.66. The summed E-state index contributed by atoms with van der Waals surface area (Å²) in [5.41, 5.74) is 4.49. The molecule has 0 fully saturated rings. The molecule has 1 N–H and O–H groups in total. The molecule has 4 rings (SSSR count). The van der Waals surface area contributed by atoms with Crippen LogP contribution in [0.1, 0.15) is 5.56 Å². The van der Waals surface area contributed by atoms with Gasteiger partial charge in [0.1, 0.15) is 11.6 Å². The summed E-state index contributed by atoms with van der Waals surface area (Å²) < 4.78 is 5.41. The van der Waals surface area contributed by atoms with E-state index in [1.807, 2.05) is 30.3 Å². The number of hydrogen-bond acceptors (Lipinski definition) is 3. The molecule has 1 aromatic heterocycles. The van der Waals surface area contributed by atoms with E-state index in [1.54, 1.807) is 7.11 Å². The molecule has 128 valence electrons. The van der Waals surface area contributed by atoms with E-state index in [9.17, 15) is 0 Å². The van der Waals surface area contributed by atoms with Crippen molar-refractivity contribution in [3.8, 4) is 16.9 Å². The van der Waals surface area contributed by atoms with E-state index in [2.05, 4.69) is 59.9 Å². The zero-order chi connectivity index (χ0) is 17.8. The number of anilines is 1. The predicted molar refractivity (Wildman–Crippen MR) is 107 cm³/mol. The minimum absolute atomic E-state index is 0.668. The highest BCUT2D eigenvalue weighted by atomic mass is 16.5. The number of nitrogens with zero attached hydrogens (tertiary/aromatic N) is 1. The van der Waals surface area contributed by atoms with E-state index in [4.69, 9.17) is 9.72 Å². The van der Waals surface area contributed by atoms with Crippen molar-refractivity contribution in [3.05, 3.63) is 90.5 Å². The fourth-order valence-corrected chi connectivity index (χ4v) is 3.16. The normalized spacial score (nSPS) is 10.7. The number of nitrogens with one attached hydrogen (secondary N) is 1. The first kappa shape index (κ1) is 16.2. The smallest absolute Gasteiger partial charge is 0.126 e. The average molecular weight is 340 g/mol. The number of benzene rings is 3. The molecule has 0 aliphatic heterocycles. The molecule has 0 saturated carbocycles. The minimum atomic E-state index is 0.668. The quantitative estimate of drug-likeness (QED) is 0.519. The molecule has 4 aromatic rings. The van der Waals surface area contributed by atoms with Crippen LogP contribution in [0.15, 0.2) is 84.9 Å². The Morgan fingerprint density at radius 1 is 0.808 bits per heavy atom. The molecule has 1 heterocycles. The Morgan fingerprint density at radius 3 is 2.46 bits per heavy atom. The Morgan fingerprint density at radius 2 is 1.62 bits per heavy atom. The molecule has 0 aliphatic rings. The predicted octanol–water partition coefficient (Wildman–Crippen LogP) is 5.52. The van der Waals surface area contributed by atoms with E-state index >= 15 is 0 Å². The fraction of sp³-hybridized carbons (Fsp3) is 0.0870. The van der Waals surface area contributed by atoms with Crippen LogP contribution in [0.5, 0.6) is 5.75 Å². The lowest BCUT2D eigenvalue weighted by Crippen LogP contribution is -2.03. The molecule has 0 aliphatic carbocycles. The number of ether oxygens (including phenoxy) is 1. The molecule has 3 heteroatoms. The molecule has 0 amide bonds. The molecule has 3 aromatic carbocycles. The van der Waals surface area contributed by atoms with Crippen molar-refractivity contribution in [1.82, 2.24) is 4.98 Å². The van der Waals surface area contributed by atoms with Crippen molar-refractivity contribution in [2.45, 2.75) is 6.54 Å². The van der Waals surface area contributed by atoms with Crippen LogP contribution < -0.4 is 10.1 Å². The maximum Gasteiger partial charge on any atom is 0.126 e. The molecule has 26 heavy (non-hydrogen) atoms. The summed E-state index contributed by atoms with van der Waals surface area (Å²) in [7, 11) is 1.69. The molecule has 0 unspecified atom stereocenters. The maximum absolute atomic E-state index is 5.41. The number of aromatic nitrogens is 1. The zero-order valence-electron chi connectivity index (χ0n) is 14.6. The maximum atomic E-state index is 5.41. The first-order valence-electron chi connectivity index (χ1n) is 8.66. The lowest BCUT2D eigenvalue weighted by atomic mass is 10.0. The SMILES string of the molecule is COc1ccccc1CNc1ccc2c(-c3ccccc3)cccc2n1. The highest BCUT2D eigenvalue weighted by Gasteiger charge is 2.06. The summed E-state index contributed by atoms with van der Waals surface area (Å²) in [6, 6.07) is 28.8. The highest BCUT2D eigenvalue weighted by Crippen LogP contribution is 2.28. The van der Waals surface area contributed by atoms with E-state index in [0.29, 0.717) is 6.54 Å². The molecule has 0 bridgehead atoms. The van der Waals surface area contributed by atoms with Gasteiger partial charge in [-0.2, -0.15) is 0 Å². The van der Waals surface area contributed by atoms with Crippen LogP contribution in [-0.2, 0) is 6.54 Å². The van der Waals surface area contributed by atoms with Crippen molar-refractivity contribution in [2.24, 2.45) is 0 Å². The van der Waals surface area contributed by atoms with Crippen LogP contribution in [0, 0.1) is 0 Å². The molecule has 0 radical (unpaired) electrons. The summed E-state index contributed by atoms with van der Waals surface area (Å²) >= 11 is 0. The third kappa shape index (κ3) is 3.24. The van der Waals surface area contributed by atoms with E-state index in [-0.39, 0.29) is 0 Å². The topological polar surface area (TPSA) is 34.1 Å². The van der Waals surface area contributed by atoms with E-state index in [0.717, 1.165) is 28.0 Å². The van der Waals surface area contributed by atoms with Gasteiger partial charge in [-0.05, 0) is 35.4 Å². The summed E-state index contributed by atoms with van der Waals surface area (Å²) in [6.45, 7) is 0.668. The number of methoxy groups -OCH3 is 1. The Kier molecular flexibility index (Phi) is 4.52. The first-order chi connectivity index (χ1) is 12.8. The summed E-state index contributed by atoms with van der Waals surface area (Å²) in [6.07, 6.45) is 0. The lowest BCUT2D eigenvalue weighted by Gasteiger charge is -2.11. The van der Waals surface area contributed by atoms with E-state index in [1.165, 1.54) is 11.1 Å². The van der Waals surface area contributed by atoms with Crippen molar-refractivity contribution in [2.75, 3.05) is 12.4 Å². The van der Waals surface area contributed by atoms with E-state index < -0.39 is 0 Å². The Balaban J connectivity index is 1.62. The van der Waals surface area contributed by atoms with Gasteiger partial charge in [0.25, 0.3) is 0 Å². The number of pyridine rings is 1. The van der Waals surface area contributed by atoms with Gasteiger partial charge in [0.05, 0.1) is 12.6 Å². The summed E-state index contributed by atoms with van der Waals surface area (Å²) in [4.78, 5) is 4.78. The third-order valence-corrected chi connectivity index (χ3v) is 4.47. The van der Waals surface area contributed by atoms with Crippen LogP contribution in [0.2, 0.25) is 0 Å². The van der Waals surface area contributed by atoms with Gasteiger partial charge in [0.2, 0.25) is 0 Å². The van der Waals surface area contributed by atoms with Crippen LogP contribution in [0.3, 0.4) is 0 Å². The van der Waals surface area contributed by atoms with Crippen LogP contribution in [-0.4, -0.2) is 12.1 Å². The number of fused-ring (bicyclic) bond motifs is 1. The van der Waals surface area contributed by atoms with Gasteiger partial charge < -0.3 is 10.1 Å². The van der Waals surface area contributed by atoms with Crippen molar-refractivity contribution in [1.29, 1.82) is 0 Å². The monoisotopic (exact) mass is 340 g/mol. The van der Waals surface area contributed by atoms with Gasteiger partial charge >= 0.3 is 0 Å². The number of hydrogen-bond donors (Lipinski definition) is 1. The molecule has 0 saturated heterocycles. The Labute approximate surface area is 153 Å². The van der Waals surface area contributed by atoms with Gasteiger partial charge in [-0.1, -0.05) is 60.7 Å². The molecule has 3 nitrogen and oxygen atoms in total. The van der Waals surface area contributed by atoms with Gasteiger partial charge in [0, 0.05) is 17.5 Å². The van der Waals surface area contributed by atoms with Crippen LogP contribution in [0.4, 0.5) is 5.82 Å². The fourth-order valence-electron chi connectivity index (χ4n) is 3.16. The third-order valence-electron chi connectivity index (χ3n) is 4.47. The van der Waals surface area contributed by atoms with Crippen molar-refractivity contribution in [3.63, 3.8) is 0 Å². The minimum Gasteiger partial charge on any atom is -0.496 e. The molecular formula is C23H20N2O. The summed E-state index contributed by atoms with van der Waals surface area (Å²) in [5, 5.41) is 4.55. The largest absolute Gasteiger partial charge is 0.496 e. The van der Waals surface area contributed by atoms with Gasteiger partial charge in [-0.25, -0.2) is 4.98 Å². The number of rotatable bonds is 5. The standard InChI is InChI=1S/C23H20N2O/c1-26-22-13-6-5-10-18(22)16-24-23-15-14-20-19(11-7-12-21(20)25-23)17-8-3-2-4-9-17/h2-15H,16H2,1H3,(H,24,25). The Hall–Kier alpha value is -3.33. The molecule has 0 atom stereocenters. The number of para-hydroxylation sites is 1. The van der Waals surface area contributed by atoms with Gasteiger partial charge in [-0.3, -0.25) is 0 Å². The highest BCUT2D eigenvalue weighted by molar-refractivity contribution is 5.95. The second-order valence-electron chi connectivity index (χ2n) is 6.10. The lowest BCUT2D eigenvalue weighted by molar-refractivity contribution is 0.410. The second kappa shape index (κ2) is 7.28. The Bertz CT molecular complexity index is 1030. The van der Waals surface area contributed by atoms with Gasteiger partial charge in [0.15, 0.2) is 0 Å². The van der Waals surface area contributed by atoms with Crippen molar-refractivity contribution >= 4 is 16.7 Å². The molecule has 0 spiro atoms. The second-order valence-corrected chi connectivity index (χ2v) is 6.10.